The summed E-state index contributed by atoms with van der Waals surface area (Å²) >= 11 is 5.84. The first-order chi connectivity index (χ1) is 12.6. The summed E-state index contributed by atoms with van der Waals surface area (Å²) in [4.78, 5) is 31.3. The van der Waals surface area contributed by atoms with Crippen LogP contribution in [-0.4, -0.2) is 30.1 Å². The molecular formula is C20H26ClNO4. The molecule has 2 saturated carbocycles. The number of amides is 1. The molecule has 1 aromatic rings. The second-order valence-corrected chi connectivity index (χ2v) is 7.40. The molecular weight excluding hydrogens is 354 g/mol. The van der Waals surface area contributed by atoms with E-state index >= 15 is 0 Å². The van der Waals surface area contributed by atoms with Crippen LogP contribution in [0.1, 0.15) is 67.3 Å². The van der Waals surface area contributed by atoms with E-state index in [9.17, 15) is 9.59 Å². The quantitative estimate of drug-likeness (QED) is 0.559. The third kappa shape index (κ3) is 4.14. The predicted molar refractivity (Wildman–Crippen MR) is 99.0 cm³/mol. The van der Waals surface area contributed by atoms with Crippen LogP contribution in [0.5, 0.6) is 5.75 Å². The Labute approximate surface area is 159 Å². The molecule has 0 bridgehead atoms. The molecule has 2 aliphatic carbocycles. The maximum Gasteiger partial charge on any atom is 0.366 e. The van der Waals surface area contributed by atoms with Crippen LogP contribution in [0.15, 0.2) is 18.2 Å². The lowest BCUT2D eigenvalue weighted by Crippen LogP contribution is -2.48. The van der Waals surface area contributed by atoms with Crippen molar-refractivity contribution in [3.63, 3.8) is 0 Å². The Morgan fingerprint density at radius 2 is 1.85 bits per heavy atom. The van der Waals surface area contributed by atoms with Gasteiger partial charge in [-0.15, -0.1) is 11.6 Å². The van der Waals surface area contributed by atoms with Gasteiger partial charge in [-0.2, -0.15) is 5.06 Å². The standard InChI is InChI=1S/C20H26ClNO4/c1-25-18-12-14(13-21)10-11-17(18)20(24)26-22(16-8-5-9-16)19(23)15-6-3-2-4-7-15/h10-12,15-16H,2-9,13H2,1H3. The number of hydroxylamine groups is 2. The normalized spacial score (nSPS) is 18.1. The number of nitrogens with zero attached hydrogens (tertiary/aromatic N) is 1. The average Bonchev–Trinajstić information content (AvgIpc) is 2.65. The minimum Gasteiger partial charge on any atom is -0.496 e. The number of halogens is 1. The van der Waals surface area contributed by atoms with E-state index < -0.39 is 5.97 Å². The van der Waals surface area contributed by atoms with Gasteiger partial charge in [0.1, 0.15) is 11.3 Å². The number of methoxy groups -OCH3 is 1. The Hall–Kier alpha value is -1.75. The van der Waals surface area contributed by atoms with Crippen LogP contribution in [0.2, 0.25) is 0 Å². The zero-order valence-electron chi connectivity index (χ0n) is 15.2. The second-order valence-electron chi connectivity index (χ2n) is 7.13. The first-order valence-electron chi connectivity index (χ1n) is 9.42. The summed E-state index contributed by atoms with van der Waals surface area (Å²) in [5.41, 5.74) is 1.16. The topological polar surface area (TPSA) is 55.8 Å². The van der Waals surface area contributed by atoms with Gasteiger partial charge in [0, 0.05) is 11.8 Å². The maximum absolute atomic E-state index is 13.0. The summed E-state index contributed by atoms with van der Waals surface area (Å²) in [5, 5.41) is 1.36. The Morgan fingerprint density at radius 3 is 2.42 bits per heavy atom. The fraction of sp³-hybridized carbons (Fsp3) is 0.600. The lowest BCUT2D eigenvalue weighted by Gasteiger charge is -2.37. The monoisotopic (exact) mass is 379 g/mol. The third-order valence-electron chi connectivity index (χ3n) is 5.40. The highest BCUT2D eigenvalue weighted by molar-refractivity contribution is 6.17. The Morgan fingerprint density at radius 1 is 1.12 bits per heavy atom. The maximum atomic E-state index is 13.0. The van der Waals surface area contributed by atoms with Crippen LogP contribution >= 0.6 is 11.6 Å². The molecule has 1 aromatic carbocycles. The van der Waals surface area contributed by atoms with Crippen molar-refractivity contribution in [1.29, 1.82) is 0 Å². The SMILES string of the molecule is COc1cc(CCl)ccc1C(=O)ON(C(=O)C1CCCCC1)C1CCC1. The molecule has 0 saturated heterocycles. The van der Waals surface area contributed by atoms with Crippen LogP contribution in [0.25, 0.3) is 0 Å². The molecule has 0 N–H and O–H groups in total. The molecule has 0 unspecified atom stereocenters. The van der Waals surface area contributed by atoms with E-state index in [2.05, 4.69) is 0 Å². The van der Waals surface area contributed by atoms with Gasteiger partial charge in [0.25, 0.3) is 5.91 Å². The van der Waals surface area contributed by atoms with E-state index in [0.717, 1.165) is 50.5 Å². The minimum atomic E-state index is -0.556. The van der Waals surface area contributed by atoms with E-state index in [4.69, 9.17) is 21.2 Å². The molecule has 0 spiro atoms. The second kappa shape index (κ2) is 8.76. The van der Waals surface area contributed by atoms with E-state index in [-0.39, 0.29) is 17.9 Å². The van der Waals surface area contributed by atoms with E-state index in [0.29, 0.717) is 17.2 Å². The van der Waals surface area contributed by atoms with Crippen molar-refractivity contribution in [2.75, 3.05) is 7.11 Å². The largest absolute Gasteiger partial charge is 0.496 e. The van der Waals surface area contributed by atoms with Gasteiger partial charge in [0.2, 0.25) is 0 Å². The highest BCUT2D eigenvalue weighted by Crippen LogP contribution is 2.32. The first-order valence-corrected chi connectivity index (χ1v) is 9.95. The van der Waals surface area contributed by atoms with Crippen molar-refractivity contribution < 1.29 is 19.2 Å². The number of carbonyl (C=O) groups is 2. The molecule has 5 nitrogen and oxygen atoms in total. The number of hydrogen-bond donors (Lipinski definition) is 0. The molecule has 6 heteroatoms. The van der Waals surface area contributed by atoms with Crippen LogP contribution in [0.3, 0.4) is 0 Å². The Bertz CT molecular complexity index is 653. The molecule has 0 atom stereocenters. The number of benzene rings is 1. The van der Waals surface area contributed by atoms with Gasteiger partial charge in [-0.05, 0) is 49.8 Å². The highest BCUT2D eigenvalue weighted by Gasteiger charge is 2.37. The van der Waals surface area contributed by atoms with Crippen molar-refractivity contribution in [2.45, 2.75) is 63.3 Å². The van der Waals surface area contributed by atoms with Crippen molar-refractivity contribution in [3.8, 4) is 5.75 Å². The van der Waals surface area contributed by atoms with E-state index in [1.165, 1.54) is 18.6 Å². The minimum absolute atomic E-state index is 0.00138. The van der Waals surface area contributed by atoms with Crippen LogP contribution in [0.4, 0.5) is 0 Å². The predicted octanol–water partition coefficient (Wildman–Crippen LogP) is 4.47. The first kappa shape index (κ1) is 19.0. The highest BCUT2D eigenvalue weighted by atomic mass is 35.5. The van der Waals surface area contributed by atoms with Crippen molar-refractivity contribution >= 4 is 23.5 Å². The third-order valence-corrected chi connectivity index (χ3v) is 5.71. The van der Waals surface area contributed by atoms with Gasteiger partial charge in [0.05, 0.1) is 13.2 Å². The molecule has 0 aromatic heterocycles. The smallest absolute Gasteiger partial charge is 0.366 e. The van der Waals surface area contributed by atoms with Gasteiger partial charge in [-0.1, -0.05) is 25.3 Å². The molecule has 26 heavy (non-hydrogen) atoms. The average molecular weight is 380 g/mol. The van der Waals surface area contributed by atoms with Crippen molar-refractivity contribution in [2.24, 2.45) is 5.92 Å². The van der Waals surface area contributed by atoms with Crippen molar-refractivity contribution in [3.05, 3.63) is 29.3 Å². The molecule has 2 fully saturated rings. The summed E-state index contributed by atoms with van der Waals surface area (Å²) in [6.07, 6.45) is 7.90. The van der Waals surface area contributed by atoms with Crippen LogP contribution in [-0.2, 0) is 15.5 Å². The van der Waals surface area contributed by atoms with Gasteiger partial charge in [-0.25, -0.2) is 4.79 Å². The van der Waals surface area contributed by atoms with Gasteiger partial charge in [-0.3, -0.25) is 4.79 Å². The summed E-state index contributed by atoms with van der Waals surface area (Å²) in [6, 6.07) is 5.13. The number of ether oxygens (including phenoxy) is 1. The molecule has 0 aliphatic heterocycles. The van der Waals surface area contributed by atoms with Gasteiger partial charge in [0.15, 0.2) is 0 Å². The van der Waals surface area contributed by atoms with Crippen LogP contribution < -0.4 is 4.74 Å². The number of carbonyl (C=O) groups excluding carboxylic acids is 2. The summed E-state index contributed by atoms with van der Waals surface area (Å²) < 4.78 is 5.31. The zero-order chi connectivity index (χ0) is 18.5. The molecule has 142 valence electrons. The lowest BCUT2D eigenvalue weighted by molar-refractivity contribution is -0.190. The molecule has 1 amide bonds. The fourth-order valence-corrected chi connectivity index (χ4v) is 3.74. The summed E-state index contributed by atoms with van der Waals surface area (Å²) in [6.45, 7) is 0. The lowest BCUT2D eigenvalue weighted by atomic mass is 9.86. The van der Waals surface area contributed by atoms with Crippen molar-refractivity contribution in [1.82, 2.24) is 5.06 Å². The number of hydrogen-bond acceptors (Lipinski definition) is 4. The number of rotatable bonds is 5. The van der Waals surface area contributed by atoms with Crippen LogP contribution in [0, 0.1) is 5.92 Å². The van der Waals surface area contributed by atoms with E-state index in [1.807, 2.05) is 0 Å². The number of alkyl halides is 1. The molecule has 3 rings (SSSR count). The fourth-order valence-electron chi connectivity index (χ4n) is 3.58. The molecule has 0 radical (unpaired) electrons. The van der Waals surface area contributed by atoms with Gasteiger partial charge < -0.3 is 9.57 Å². The molecule has 2 aliphatic rings. The Kier molecular flexibility index (Phi) is 6.41. The molecule has 0 heterocycles. The van der Waals surface area contributed by atoms with Gasteiger partial charge >= 0.3 is 5.97 Å². The summed E-state index contributed by atoms with van der Waals surface area (Å²) in [5.74, 6) is 0.114. The zero-order valence-corrected chi connectivity index (χ0v) is 16.0. The van der Waals surface area contributed by atoms with E-state index in [1.54, 1.807) is 18.2 Å². The summed E-state index contributed by atoms with van der Waals surface area (Å²) in [7, 11) is 1.50. The Balaban J connectivity index is 1.76.